The predicted octanol–water partition coefficient (Wildman–Crippen LogP) is -0.123. The molecule has 0 aliphatic carbocycles. The first-order valence-corrected chi connectivity index (χ1v) is 5.72. The number of sulfonamides is 1. The van der Waals surface area contributed by atoms with E-state index in [1.807, 2.05) is 6.92 Å². The highest BCUT2D eigenvalue weighted by Crippen LogP contribution is 1.91. The largest absolute Gasteiger partial charge is 0.316 e. The van der Waals surface area contributed by atoms with Crippen molar-refractivity contribution >= 4 is 10.0 Å². The summed E-state index contributed by atoms with van der Waals surface area (Å²) in [6, 6.07) is 0. The number of hydrogen-bond acceptors (Lipinski definition) is 3. The molecule has 0 spiro atoms. The fourth-order valence-corrected chi connectivity index (χ4v) is 1.45. The van der Waals surface area contributed by atoms with Crippen LogP contribution in [0.2, 0.25) is 0 Å². The Morgan fingerprint density at radius 3 is 2.25 bits per heavy atom. The second-order valence-corrected chi connectivity index (χ2v) is 5.15. The molecule has 0 saturated heterocycles. The number of nitrogens with zero attached hydrogens (tertiary/aromatic N) is 1. The summed E-state index contributed by atoms with van der Waals surface area (Å²) in [5, 5.41) is 3.04. The van der Waals surface area contributed by atoms with Gasteiger partial charge in [-0.05, 0) is 13.0 Å². The molecule has 0 unspecified atom stereocenters. The average molecular weight is 194 g/mol. The third-order valence-electron chi connectivity index (χ3n) is 1.52. The summed E-state index contributed by atoms with van der Waals surface area (Å²) in [7, 11) is 0.0937. The molecule has 12 heavy (non-hydrogen) atoms. The predicted molar refractivity (Wildman–Crippen MR) is 50.6 cm³/mol. The molecule has 0 amide bonds. The molecule has 0 aromatic rings. The zero-order valence-electron chi connectivity index (χ0n) is 8.00. The number of nitrogens with one attached hydrogen (secondary N) is 1. The van der Waals surface area contributed by atoms with Gasteiger partial charge >= 0.3 is 0 Å². The molecule has 0 aromatic heterocycles. The molecule has 0 radical (unpaired) electrons. The van der Waals surface area contributed by atoms with Gasteiger partial charge in [0.1, 0.15) is 0 Å². The smallest absolute Gasteiger partial charge is 0.214 e. The van der Waals surface area contributed by atoms with Gasteiger partial charge in [-0.3, -0.25) is 0 Å². The number of hydrogen-bond donors (Lipinski definition) is 1. The molecule has 5 heteroatoms. The molecule has 74 valence electrons. The minimum absolute atomic E-state index is 0.181. The van der Waals surface area contributed by atoms with Crippen molar-refractivity contribution in [1.29, 1.82) is 0 Å². The van der Waals surface area contributed by atoms with Gasteiger partial charge in [0.15, 0.2) is 0 Å². The van der Waals surface area contributed by atoms with Crippen molar-refractivity contribution in [3.05, 3.63) is 0 Å². The fourth-order valence-electron chi connectivity index (χ4n) is 0.685. The monoisotopic (exact) mass is 194 g/mol. The van der Waals surface area contributed by atoms with Crippen LogP contribution in [0.5, 0.6) is 0 Å². The maximum atomic E-state index is 11.2. The molecule has 0 aromatic carbocycles. The highest BCUT2D eigenvalue weighted by atomic mass is 32.2. The summed E-state index contributed by atoms with van der Waals surface area (Å²) >= 11 is 0. The standard InChI is InChI=1S/C7H18N2O2S/c1-4-5-8-6-7-12(10,11)9(2)3/h8H,4-7H2,1-3H3. The van der Waals surface area contributed by atoms with E-state index >= 15 is 0 Å². The van der Waals surface area contributed by atoms with Crippen LogP contribution in [0.25, 0.3) is 0 Å². The summed E-state index contributed by atoms with van der Waals surface area (Å²) < 4.78 is 23.6. The van der Waals surface area contributed by atoms with E-state index in [1.54, 1.807) is 14.1 Å². The number of rotatable bonds is 6. The lowest BCUT2D eigenvalue weighted by Gasteiger charge is -2.10. The van der Waals surface area contributed by atoms with Gasteiger partial charge in [-0.15, -0.1) is 0 Å². The first-order chi connectivity index (χ1) is 5.50. The molecule has 0 atom stereocenters. The molecule has 0 aliphatic rings. The Morgan fingerprint density at radius 1 is 1.25 bits per heavy atom. The van der Waals surface area contributed by atoms with Crippen LogP contribution in [-0.4, -0.2) is 45.7 Å². The molecule has 0 fully saturated rings. The van der Waals surface area contributed by atoms with E-state index in [-0.39, 0.29) is 5.75 Å². The summed E-state index contributed by atoms with van der Waals surface area (Å²) in [6.07, 6.45) is 1.03. The van der Waals surface area contributed by atoms with Gasteiger partial charge in [0, 0.05) is 20.6 Å². The minimum Gasteiger partial charge on any atom is -0.316 e. The van der Waals surface area contributed by atoms with Crippen LogP contribution < -0.4 is 5.32 Å². The first-order valence-electron chi connectivity index (χ1n) is 4.11. The van der Waals surface area contributed by atoms with Crippen LogP contribution in [0.4, 0.5) is 0 Å². The van der Waals surface area contributed by atoms with E-state index in [4.69, 9.17) is 0 Å². The second-order valence-electron chi connectivity index (χ2n) is 2.85. The molecular formula is C7H18N2O2S. The van der Waals surface area contributed by atoms with Crippen LogP contribution in [0.3, 0.4) is 0 Å². The molecule has 1 N–H and O–H groups in total. The molecular weight excluding hydrogens is 176 g/mol. The lowest BCUT2D eigenvalue weighted by atomic mass is 10.5. The Morgan fingerprint density at radius 2 is 1.83 bits per heavy atom. The molecule has 0 saturated carbocycles. The zero-order chi connectivity index (χ0) is 9.61. The van der Waals surface area contributed by atoms with E-state index in [2.05, 4.69) is 5.32 Å². The van der Waals surface area contributed by atoms with Crippen LogP contribution in [0.1, 0.15) is 13.3 Å². The normalized spacial score (nSPS) is 12.3. The zero-order valence-corrected chi connectivity index (χ0v) is 8.82. The van der Waals surface area contributed by atoms with E-state index in [0.29, 0.717) is 6.54 Å². The Balaban J connectivity index is 3.63. The van der Waals surface area contributed by atoms with Crippen LogP contribution in [-0.2, 0) is 10.0 Å². The third kappa shape index (κ3) is 4.69. The van der Waals surface area contributed by atoms with Crippen molar-refractivity contribution in [2.75, 3.05) is 32.9 Å². The van der Waals surface area contributed by atoms with Crippen LogP contribution >= 0.6 is 0 Å². The van der Waals surface area contributed by atoms with Crippen molar-refractivity contribution < 1.29 is 8.42 Å². The highest BCUT2D eigenvalue weighted by molar-refractivity contribution is 7.89. The van der Waals surface area contributed by atoms with Crippen LogP contribution in [0.15, 0.2) is 0 Å². The highest BCUT2D eigenvalue weighted by Gasteiger charge is 2.11. The van der Waals surface area contributed by atoms with Gasteiger partial charge in [0.2, 0.25) is 10.0 Å². The lowest BCUT2D eigenvalue weighted by Crippen LogP contribution is -2.31. The molecule has 0 heterocycles. The van der Waals surface area contributed by atoms with Crippen molar-refractivity contribution in [3.8, 4) is 0 Å². The van der Waals surface area contributed by atoms with Gasteiger partial charge in [0.05, 0.1) is 5.75 Å². The first kappa shape index (κ1) is 11.9. The Bertz CT molecular complexity index is 199. The van der Waals surface area contributed by atoms with Crippen molar-refractivity contribution in [2.45, 2.75) is 13.3 Å². The third-order valence-corrected chi connectivity index (χ3v) is 3.35. The quantitative estimate of drug-likeness (QED) is 0.600. The maximum absolute atomic E-state index is 11.2. The van der Waals surface area contributed by atoms with Gasteiger partial charge in [0.25, 0.3) is 0 Å². The van der Waals surface area contributed by atoms with Gasteiger partial charge < -0.3 is 5.32 Å². The molecule has 0 bridgehead atoms. The van der Waals surface area contributed by atoms with E-state index in [1.165, 1.54) is 4.31 Å². The van der Waals surface area contributed by atoms with Crippen molar-refractivity contribution in [3.63, 3.8) is 0 Å². The van der Waals surface area contributed by atoms with Gasteiger partial charge in [-0.2, -0.15) is 0 Å². The Kier molecular flexibility index (Phi) is 5.44. The molecule has 0 aliphatic heterocycles. The Hall–Kier alpha value is -0.130. The summed E-state index contributed by atoms with van der Waals surface area (Å²) in [6.45, 7) is 3.46. The molecule has 0 rings (SSSR count). The summed E-state index contributed by atoms with van der Waals surface area (Å²) in [5.74, 6) is 0.181. The molecule has 4 nitrogen and oxygen atoms in total. The average Bonchev–Trinajstić information content (AvgIpc) is 1.98. The fraction of sp³-hybridized carbons (Fsp3) is 1.00. The van der Waals surface area contributed by atoms with Crippen molar-refractivity contribution in [2.24, 2.45) is 0 Å². The van der Waals surface area contributed by atoms with Gasteiger partial charge in [-0.25, -0.2) is 12.7 Å². The summed E-state index contributed by atoms with van der Waals surface area (Å²) in [5.41, 5.74) is 0. The second kappa shape index (κ2) is 5.50. The van der Waals surface area contributed by atoms with Gasteiger partial charge in [-0.1, -0.05) is 6.92 Å². The SMILES string of the molecule is CCCNCCS(=O)(=O)N(C)C. The minimum atomic E-state index is -3.01. The van der Waals surface area contributed by atoms with E-state index < -0.39 is 10.0 Å². The topological polar surface area (TPSA) is 49.4 Å². The summed E-state index contributed by atoms with van der Waals surface area (Å²) in [4.78, 5) is 0. The van der Waals surface area contributed by atoms with E-state index in [0.717, 1.165) is 13.0 Å². The van der Waals surface area contributed by atoms with Crippen LogP contribution in [0, 0.1) is 0 Å². The lowest BCUT2D eigenvalue weighted by molar-refractivity contribution is 0.517. The Labute approximate surface area is 75.0 Å². The van der Waals surface area contributed by atoms with Crippen molar-refractivity contribution in [1.82, 2.24) is 9.62 Å². The van der Waals surface area contributed by atoms with E-state index in [9.17, 15) is 8.42 Å². The maximum Gasteiger partial charge on any atom is 0.214 e.